The number of hydrazine groups is 1. The van der Waals surface area contributed by atoms with Crippen LogP contribution in [-0.2, 0) is 9.59 Å². The molecule has 7 N–H and O–H groups in total. The fourth-order valence-corrected chi connectivity index (χ4v) is 0.359. The van der Waals surface area contributed by atoms with Gasteiger partial charge < -0.3 is 11.5 Å². The van der Waals surface area contributed by atoms with E-state index >= 15 is 0 Å². The number of primary amides is 1. The SMILES string of the molecule is NNC(=O)C[C@H](N)C(N)=O. The first kappa shape index (κ1) is 8.86. The van der Waals surface area contributed by atoms with E-state index in [1.807, 2.05) is 5.43 Å². The van der Waals surface area contributed by atoms with Crippen molar-refractivity contribution in [3.05, 3.63) is 0 Å². The average Bonchev–Trinajstić information content (AvgIpc) is 1.87. The van der Waals surface area contributed by atoms with E-state index in [1.165, 1.54) is 0 Å². The molecule has 0 heterocycles. The summed E-state index contributed by atoms with van der Waals surface area (Å²) in [5.74, 6) is 3.49. The molecule has 6 nitrogen and oxygen atoms in total. The summed E-state index contributed by atoms with van der Waals surface area (Å²) in [6.45, 7) is 0. The normalized spacial score (nSPS) is 12.2. The third kappa shape index (κ3) is 3.00. The van der Waals surface area contributed by atoms with Crippen molar-refractivity contribution in [3.63, 3.8) is 0 Å². The van der Waals surface area contributed by atoms with Gasteiger partial charge in [0.2, 0.25) is 11.8 Å². The highest BCUT2D eigenvalue weighted by atomic mass is 16.2. The molecule has 0 rings (SSSR count). The number of hydrogen-bond donors (Lipinski definition) is 4. The molecular weight excluding hydrogens is 136 g/mol. The Morgan fingerprint density at radius 2 is 2.00 bits per heavy atom. The number of nitrogens with one attached hydrogen (secondary N) is 1. The minimum atomic E-state index is -0.955. The maximum Gasteiger partial charge on any atom is 0.235 e. The Kier molecular flexibility index (Phi) is 3.37. The Morgan fingerprint density at radius 3 is 2.30 bits per heavy atom. The monoisotopic (exact) mass is 146 g/mol. The molecule has 0 radical (unpaired) electrons. The predicted octanol–water partition coefficient (Wildman–Crippen LogP) is -2.82. The van der Waals surface area contributed by atoms with Gasteiger partial charge in [0.1, 0.15) is 0 Å². The second-order valence-corrected chi connectivity index (χ2v) is 1.78. The van der Waals surface area contributed by atoms with Crippen LogP contribution in [0.15, 0.2) is 0 Å². The van der Waals surface area contributed by atoms with Crippen molar-refractivity contribution >= 4 is 11.8 Å². The Morgan fingerprint density at radius 1 is 1.50 bits per heavy atom. The molecule has 0 saturated carbocycles. The van der Waals surface area contributed by atoms with Crippen LogP contribution in [0.2, 0.25) is 0 Å². The van der Waals surface area contributed by atoms with Crippen molar-refractivity contribution < 1.29 is 9.59 Å². The molecule has 0 spiro atoms. The van der Waals surface area contributed by atoms with Crippen LogP contribution in [0, 0.1) is 0 Å². The highest BCUT2D eigenvalue weighted by Crippen LogP contribution is 1.84. The van der Waals surface area contributed by atoms with Crippen molar-refractivity contribution in [2.75, 3.05) is 0 Å². The Hall–Kier alpha value is -1.14. The molecule has 10 heavy (non-hydrogen) atoms. The molecule has 0 saturated heterocycles. The lowest BCUT2D eigenvalue weighted by Gasteiger charge is -2.03. The highest BCUT2D eigenvalue weighted by Gasteiger charge is 2.12. The van der Waals surface area contributed by atoms with Gasteiger partial charge in [-0.2, -0.15) is 0 Å². The first-order chi connectivity index (χ1) is 4.57. The fraction of sp³-hybridized carbons (Fsp3) is 0.500. The van der Waals surface area contributed by atoms with E-state index in [2.05, 4.69) is 0 Å². The molecule has 1 atom stereocenters. The smallest absolute Gasteiger partial charge is 0.235 e. The molecule has 0 bridgehead atoms. The standard InChI is InChI=1S/C4H10N4O2/c5-2(4(6)10)1-3(9)8-7/h2H,1,5,7H2,(H2,6,10)(H,8,9)/t2-/m0/s1. The Balaban J connectivity index is 3.68. The third-order valence-corrected chi connectivity index (χ3v) is 0.932. The molecule has 0 unspecified atom stereocenters. The van der Waals surface area contributed by atoms with Gasteiger partial charge in [-0.05, 0) is 0 Å². The summed E-state index contributed by atoms with van der Waals surface area (Å²) in [4.78, 5) is 20.6. The summed E-state index contributed by atoms with van der Waals surface area (Å²) in [5, 5.41) is 0. The van der Waals surface area contributed by atoms with Crippen LogP contribution in [-0.4, -0.2) is 17.9 Å². The van der Waals surface area contributed by atoms with Crippen molar-refractivity contribution in [2.24, 2.45) is 17.3 Å². The third-order valence-electron chi connectivity index (χ3n) is 0.932. The van der Waals surface area contributed by atoms with Gasteiger partial charge in [0.25, 0.3) is 0 Å². The minimum Gasteiger partial charge on any atom is -0.368 e. The van der Waals surface area contributed by atoms with Crippen LogP contribution < -0.4 is 22.7 Å². The summed E-state index contributed by atoms with van der Waals surface area (Å²) < 4.78 is 0. The molecule has 0 aliphatic carbocycles. The molecule has 6 heteroatoms. The van der Waals surface area contributed by atoms with Crippen molar-refractivity contribution in [1.82, 2.24) is 5.43 Å². The molecule has 58 valence electrons. The number of amides is 2. The molecule has 2 amide bonds. The second kappa shape index (κ2) is 3.80. The first-order valence-electron chi connectivity index (χ1n) is 2.62. The molecular formula is C4H10N4O2. The van der Waals surface area contributed by atoms with Crippen LogP contribution in [0.5, 0.6) is 0 Å². The van der Waals surface area contributed by atoms with E-state index in [-0.39, 0.29) is 6.42 Å². The molecule has 0 aromatic carbocycles. The lowest BCUT2D eigenvalue weighted by atomic mass is 10.2. The van der Waals surface area contributed by atoms with Crippen LogP contribution in [0.4, 0.5) is 0 Å². The van der Waals surface area contributed by atoms with E-state index < -0.39 is 17.9 Å². The molecule has 0 aromatic heterocycles. The molecule has 0 fully saturated rings. The summed E-state index contributed by atoms with van der Waals surface area (Å²) in [5.41, 5.74) is 11.7. The zero-order valence-electron chi connectivity index (χ0n) is 5.33. The lowest BCUT2D eigenvalue weighted by molar-refractivity contribution is -0.126. The van der Waals surface area contributed by atoms with Crippen molar-refractivity contribution in [1.29, 1.82) is 0 Å². The number of carbonyl (C=O) groups is 2. The quantitative estimate of drug-likeness (QED) is 0.195. The van der Waals surface area contributed by atoms with Gasteiger partial charge in [0.15, 0.2) is 0 Å². The van der Waals surface area contributed by atoms with Crippen LogP contribution in [0.1, 0.15) is 6.42 Å². The van der Waals surface area contributed by atoms with Crippen LogP contribution >= 0.6 is 0 Å². The maximum atomic E-state index is 10.4. The average molecular weight is 146 g/mol. The largest absolute Gasteiger partial charge is 0.368 e. The fourth-order valence-electron chi connectivity index (χ4n) is 0.359. The van der Waals surface area contributed by atoms with Gasteiger partial charge in [-0.15, -0.1) is 0 Å². The summed E-state index contributed by atoms with van der Waals surface area (Å²) in [6, 6.07) is -0.955. The van der Waals surface area contributed by atoms with Gasteiger partial charge in [-0.3, -0.25) is 15.0 Å². The van der Waals surface area contributed by atoms with E-state index in [0.717, 1.165) is 0 Å². The van der Waals surface area contributed by atoms with Crippen LogP contribution in [0.25, 0.3) is 0 Å². The highest BCUT2D eigenvalue weighted by molar-refractivity contribution is 5.86. The van der Waals surface area contributed by atoms with E-state index in [9.17, 15) is 9.59 Å². The topological polar surface area (TPSA) is 124 Å². The van der Waals surface area contributed by atoms with Gasteiger partial charge in [0, 0.05) is 0 Å². The van der Waals surface area contributed by atoms with E-state index in [0.29, 0.717) is 0 Å². The number of rotatable bonds is 3. The Bertz CT molecular complexity index is 146. The van der Waals surface area contributed by atoms with E-state index in [1.54, 1.807) is 0 Å². The van der Waals surface area contributed by atoms with Gasteiger partial charge in [-0.25, -0.2) is 5.84 Å². The summed E-state index contributed by atoms with van der Waals surface area (Å²) in [6.07, 6.45) is -0.175. The van der Waals surface area contributed by atoms with Gasteiger partial charge in [-0.1, -0.05) is 0 Å². The predicted molar refractivity (Wildman–Crippen MR) is 34.1 cm³/mol. The first-order valence-corrected chi connectivity index (χ1v) is 2.62. The number of carbonyl (C=O) groups excluding carboxylic acids is 2. The van der Waals surface area contributed by atoms with Gasteiger partial charge >= 0.3 is 0 Å². The van der Waals surface area contributed by atoms with Crippen LogP contribution in [0.3, 0.4) is 0 Å². The van der Waals surface area contributed by atoms with Crippen molar-refractivity contribution in [3.8, 4) is 0 Å². The second-order valence-electron chi connectivity index (χ2n) is 1.78. The molecule has 0 aliphatic heterocycles. The molecule has 0 aliphatic rings. The van der Waals surface area contributed by atoms with E-state index in [4.69, 9.17) is 17.3 Å². The molecule has 0 aromatic rings. The maximum absolute atomic E-state index is 10.4. The van der Waals surface area contributed by atoms with Crippen molar-refractivity contribution in [2.45, 2.75) is 12.5 Å². The zero-order valence-corrected chi connectivity index (χ0v) is 5.33. The zero-order chi connectivity index (χ0) is 8.15. The number of nitrogens with two attached hydrogens (primary N) is 3. The summed E-state index contributed by atoms with van der Waals surface area (Å²) in [7, 11) is 0. The minimum absolute atomic E-state index is 0.175. The lowest BCUT2D eigenvalue weighted by Crippen LogP contribution is -2.42. The van der Waals surface area contributed by atoms with Gasteiger partial charge in [0.05, 0.1) is 12.5 Å². The summed E-state index contributed by atoms with van der Waals surface area (Å²) >= 11 is 0. The number of hydrogen-bond acceptors (Lipinski definition) is 4. The Labute approximate surface area is 57.7 Å².